The normalized spacial score (nSPS) is 21.7. The Morgan fingerprint density at radius 1 is 1.53 bits per heavy atom. The van der Waals surface area contributed by atoms with Crippen molar-refractivity contribution in [3.05, 3.63) is 22.4 Å². The van der Waals surface area contributed by atoms with Gasteiger partial charge in [-0.3, -0.25) is 0 Å². The maximum absolute atomic E-state index is 6.39. The van der Waals surface area contributed by atoms with Crippen LogP contribution in [0.25, 0.3) is 0 Å². The van der Waals surface area contributed by atoms with Gasteiger partial charge < -0.3 is 4.90 Å². The molecule has 0 aliphatic carbocycles. The molecule has 3 heteroatoms. The van der Waals surface area contributed by atoms with Gasteiger partial charge in [-0.15, -0.1) is 22.9 Å². The lowest BCUT2D eigenvalue weighted by atomic mass is 9.99. The number of halogens is 1. The summed E-state index contributed by atoms with van der Waals surface area (Å²) < 4.78 is 0. The summed E-state index contributed by atoms with van der Waals surface area (Å²) in [5, 5.41) is 2.28. The van der Waals surface area contributed by atoms with Crippen LogP contribution in [0.1, 0.15) is 30.0 Å². The molecule has 0 aromatic carbocycles. The third-order valence-corrected chi connectivity index (χ3v) is 4.64. The fraction of sp³-hybridized carbons (Fsp3) is 0.667. The molecule has 1 nitrogen and oxygen atoms in total. The van der Waals surface area contributed by atoms with Crippen LogP contribution < -0.4 is 0 Å². The van der Waals surface area contributed by atoms with E-state index in [9.17, 15) is 0 Å². The van der Waals surface area contributed by atoms with E-state index in [-0.39, 0.29) is 5.38 Å². The average Bonchev–Trinajstić information content (AvgIpc) is 2.74. The Morgan fingerprint density at radius 2 is 2.27 bits per heavy atom. The van der Waals surface area contributed by atoms with Gasteiger partial charge in [0.25, 0.3) is 0 Å². The molecule has 2 rings (SSSR count). The van der Waals surface area contributed by atoms with Crippen LogP contribution in [0.4, 0.5) is 0 Å². The van der Waals surface area contributed by atoms with Crippen molar-refractivity contribution in [3.63, 3.8) is 0 Å². The highest BCUT2D eigenvalue weighted by Crippen LogP contribution is 2.27. The zero-order chi connectivity index (χ0) is 10.7. The topological polar surface area (TPSA) is 3.24 Å². The molecule has 0 radical (unpaired) electrons. The van der Waals surface area contributed by atoms with Crippen molar-refractivity contribution in [2.75, 3.05) is 19.6 Å². The summed E-state index contributed by atoms with van der Waals surface area (Å²) in [4.78, 5) is 3.80. The molecular weight excluding hydrogens is 226 g/mol. The molecule has 84 valence electrons. The Bertz CT molecular complexity index is 278. The van der Waals surface area contributed by atoms with E-state index in [0.717, 1.165) is 12.5 Å². The maximum Gasteiger partial charge on any atom is 0.0805 e. The number of alkyl halides is 1. The third kappa shape index (κ3) is 3.20. The first-order valence-electron chi connectivity index (χ1n) is 5.65. The van der Waals surface area contributed by atoms with Gasteiger partial charge in [0.05, 0.1) is 5.38 Å². The summed E-state index contributed by atoms with van der Waals surface area (Å²) >= 11 is 8.15. The van der Waals surface area contributed by atoms with E-state index in [0.29, 0.717) is 0 Å². The Balaban J connectivity index is 1.82. The van der Waals surface area contributed by atoms with Crippen LogP contribution in [-0.2, 0) is 0 Å². The quantitative estimate of drug-likeness (QED) is 0.731. The molecule has 1 unspecified atom stereocenters. The predicted molar refractivity (Wildman–Crippen MR) is 67.8 cm³/mol. The van der Waals surface area contributed by atoms with Crippen LogP contribution in [0.15, 0.2) is 17.5 Å². The number of rotatable bonds is 3. The molecule has 2 heterocycles. The van der Waals surface area contributed by atoms with Gasteiger partial charge in [0.1, 0.15) is 0 Å². The van der Waals surface area contributed by atoms with Crippen LogP contribution in [0.3, 0.4) is 0 Å². The van der Waals surface area contributed by atoms with Crippen LogP contribution in [0.2, 0.25) is 0 Å². The fourth-order valence-electron chi connectivity index (χ4n) is 2.03. The molecule has 0 bridgehead atoms. The predicted octanol–water partition coefficient (Wildman–Crippen LogP) is 3.76. The average molecular weight is 244 g/mol. The van der Waals surface area contributed by atoms with Gasteiger partial charge in [0.15, 0.2) is 0 Å². The van der Waals surface area contributed by atoms with Crippen molar-refractivity contribution in [2.45, 2.75) is 25.1 Å². The molecule has 0 saturated carbocycles. The summed E-state index contributed by atoms with van der Waals surface area (Å²) in [6.07, 6.45) is 2.65. The second kappa shape index (κ2) is 5.33. The molecule has 1 aromatic heterocycles. The molecule has 1 atom stereocenters. The lowest BCUT2D eigenvalue weighted by Crippen LogP contribution is -2.34. The highest BCUT2D eigenvalue weighted by Gasteiger charge is 2.19. The van der Waals surface area contributed by atoms with Crippen molar-refractivity contribution in [1.82, 2.24) is 4.90 Å². The van der Waals surface area contributed by atoms with Gasteiger partial charge in [-0.25, -0.2) is 0 Å². The second-order valence-corrected chi connectivity index (χ2v) is 5.97. The Labute approximate surface area is 101 Å². The number of thiophene rings is 1. The summed E-state index contributed by atoms with van der Waals surface area (Å²) in [5.41, 5.74) is 0. The zero-order valence-electron chi connectivity index (χ0n) is 9.16. The summed E-state index contributed by atoms with van der Waals surface area (Å²) in [7, 11) is 0. The molecule has 0 spiro atoms. The minimum Gasteiger partial charge on any atom is -0.301 e. The first kappa shape index (κ1) is 11.4. The Kier molecular flexibility index (Phi) is 4.06. The molecule has 1 fully saturated rings. The molecule has 0 N–H and O–H groups in total. The van der Waals surface area contributed by atoms with Crippen molar-refractivity contribution >= 4 is 22.9 Å². The van der Waals surface area contributed by atoms with Crippen molar-refractivity contribution in [1.29, 1.82) is 0 Å². The van der Waals surface area contributed by atoms with Crippen LogP contribution >= 0.6 is 22.9 Å². The fourth-order valence-corrected chi connectivity index (χ4v) is 3.15. The van der Waals surface area contributed by atoms with Gasteiger partial charge in [-0.1, -0.05) is 13.0 Å². The minimum atomic E-state index is 0.179. The minimum absolute atomic E-state index is 0.179. The monoisotopic (exact) mass is 243 g/mol. The standard InChI is InChI=1S/C12H18ClNS/c1-10-4-6-14(7-5-10)9-11(13)12-3-2-8-15-12/h2-3,8,10-11H,4-7,9H2,1H3. The second-order valence-electron chi connectivity index (χ2n) is 4.47. The zero-order valence-corrected chi connectivity index (χ0v) is 10.7. The first-order chi connectivity index (χ1) is 7.25. The molecule has 0 amide bonds. The van der Waals surface area contributed by atoms with Gasteiger partial charge in [0, 0.05) is 11.4 Å². The van der Waals surface area contributed by atoms with E-state index in [1.54, 1.807) is 11.3 Å². The number of piperidine rings is 1. The molecule has 15 heavy (non-hydrogen) atoms. The third-order valence-electron chi connectivity index (χ3n) is 3.15. The van der Waals surface area contributed by atoms with Gasteiger partial charge in [-0.05, 0) is 43.3 Å². The maximum atomic E-state index is 6.39. The van der Waals surface area contributed by atoms with Gasteiger partial charge in [0.2, 0.25) is 0 Å². The van der Waals surface area contributed by atoms with Crippen molar-refractivity contribution in [2.24, 2.45) is 5.92 Å². The first-order valence-corrected chi connectivity index (χ1v) is 6.97. The van der Waals surface area contributed by atoms with Crippen LogP contribution in [0.5, 0.6) is 0 Å². The largest absolute Gasteiger partial charge is 0.301 e. The van der Waals surface area contributed by atoms with E-state index in [1.165, 1.54) is 30.8 Å². The smallest absolute Gasteiger partial charge is 0.0805 e. The van der Waals surface area contributed by atoms with Crippen molar-refractivity contribution in [3.8, 4) is 0 Å². The van der Waals surface area contributed by atoms with Crippen LogP contribution in [-0.4, -0.2) is 24.5 Å². The summed E-state index contributed by atoms with van der Waals surface area (Å²) in [5.74, 6) is 0.900. The molecule has 1 saturated heterocycles. The molecule has 1 aliphatic heterocycles. The molecule has 1 aromatic rings. The molecule has 1 aliphatic rings. The van der Waals surface area contributed by atoms with E-state index in [4.69, 9.17) is 11.6 Å². The number of nitrogens with zero attached hydrogens (tertiary/aromatic N) is 1. The van der Waals surface area contributed by atoms with Crippen LogP contribution in [0, 0.1) is 5.92 Å². The Morgan fingerprint density at radius 3 is 2.87 bits per heavy atom. The van der Waals surface area contributed by atoms with E-state index in [2.05, 4.69) is 29.3 Å². The molecular formula is C12H18ClNS. The summed E-state index contributed by atoms with van der Waals surface area (Å²) in [6, 6.07) is 4.21. The Hall–Kier alpha value is -0.0500. The number of likely N-dealkylation sites (tertiary alicyclic amines) is 1. The van der Waals surface area contributed by atoms with E-state index < -0.39 is 0 Å². The van der Waals surface area contributed by atoms with Gasteiger partial charge in [-0.2, -0.15) is 0 Å². The lowest BCUT2D eigenvalue weighted by Gasteiger charge is -2.31. The number of hydrogen-bond donors (Lipinski definition) is 0. The highest BCUT2D eigenvalue weighted by molar-refractivity contribution is 7.10. The highest BCUT2D eigenvalue weighted by atomic mass is 35.5. The van der Waals surface area contributed by atoms with E-state index >= 15 is 0 Å². The SMILES string of the molecule is CC1CCN(CC(Cl)c2cccs2)CC1. The van der Waals surface area contributed by atoms with Crippen molar-refractivity contribution < 1.29 is 0 Å². The summed E-state index contributed by atoms with van der Waals surface area (Å²) in [6.45, 7) is 5.79. The lowest BCUT2D eigenvalue weighted by molar-refractivity contribution is 0.193. The van der Waals surface area contributed by atoms with E-state index in [1.807, 2.05) is 0 Å². The van der Waals surface area contributed by atoms with Gasteiger partial charge >= 0.3 is 0 Å². The number of hydrogen-bond acceptors (Lipinski definition) is 2.